The fourth-order valence-corrected chi connectivity index (χ4v) is 3.97. The molecule has 1 aromatic carbocycles. The topological polar surface area (TPSA) is 46.9 Å². The van der Waals surface area contributed by atoms with E-state index in [-0.39, 0.29) is 11.2 Å². The van der Waals surface area contributed by atoms with Crippen LogP contribution in [0.3, 0.4) is 0 Å². The van der Waals surface area contributed by atoms with Crippen molar-refractivity contribution >= 4 is 46.7 Å². The fourth-order valence-electron chi connectivity index (χ4n) is 2.49. The molecule has 4 nitrogen and oxygen atoms in total. The first-order valence-electron chi connectivity index (χ1n) is 6.37. The molecule has 1 aromatic heterocycles. The van der Waals surface area contributed by atoms with Crippen LogP contribution >= 0.6 is 35.0 Å². The molecule has 3 rings (SSSR count). The predicted molar refractivity (Wildman–Crippen MR) is 87.3 cm³/mol. The maximum absolute atomic E-state index is 11.9. The lowest BCUT2D eigenvalue weighted by Crippen LogP contribution is -2.15. The van der Waals surface area contributed by atoms with E-state index in [1.165, 1.54) is 0 Å². The van der Waals surface area contributed by atoms with Gasteiger partial charge in [0.25, 0.3) is 0 Å². The molecule has 1 atom stereocenters. The summed E-state index contributed by atoms with van der Waals surface area (Å²) in [4.78, 5) is 11.9. The number of rotatable bonds is 1. The van der Waals surface area contributed by atoms with Crippen LogP contribution in [0, 0.1) is 6.92 Å². The third kappa shape index (κ3) is 2.65. The van der Waals surface area contributed by atoms with Crippen molar-refractivity contribution in [1.82, 2.24) is 9.78 Å². The highest BCUT2D eigenvalue weighted by atomic mass is 35.5. The van der Waals surface area contributed by atoms with Gasteiger partial charge in [0.05, 0.1) is 26.7 Å². The number of carbonyl (C=O) groups is 1. The quantitative estimate of drug-likeness (QED) is 0.857. The van der Waals surface area contributed by atoms with Gasteiger partial charge in [0.15, 0.2) is 0 Å². The molecular weight excluding hydrogens is 329 g/mol. The van der Waals surface area contributed by atoms with Gasteiger partial charge in [-0.3, -0.25) is 9.48 Å². The molecule has 1 aliphatic heterocycles. The van der Waals surface area contributed by atoms with Gasteiger partial charge in [0, 0.05) is 12.6 Å². The average Bonchev–Trinajstić information content (AvgIpc) is 2.61. The summed E-state index contributed by atoms with van der Waals surface area (Å²) >= 11 is 13.7. The number of amides is 1. The number of nitrogens with one attached hydrogen (secondary N) is 1. The Morgan fingerprint density at radius 3 is 2.86 bits per heavy atom. The number of carbonyl (C=O) groups excluding carboxylic acids is 1. The van der Waals surface area contributed by atoms with E-state index in [0.29, 0.717) is 15.8 Å². The predicted octanol–water partition coefficient (Wildman–Crippen LogP) is 3.81. The van der Waals surface area contributed by atoms with Crippen molar-refractivity contribution in [1.29, 1.82) is 0 Å². The van der Waals surface area contributed by atoms with Crippen LogP contribution in [0.5, 0.6) is 0 Å². The van der Waals surface area contributed by atoms with E-state index in [0.717, 1.165) is 22.6 Å². The number of anilines is 1. The molecule has 7 heteroatoms. The number of benzene rings is 1. The number of thioether (sulfide) groups is 1. The van der Waals surface area contributed by atoms with Gasteiger partial charge in [-0.1, -0.05) is 29.3 Å². The molecule has 21 heavy (non-hydrogen) atoms. The summed E-state index contributed by atoms with van der Waals surface area (Å²) in [6.45, 7) is 1.95. The van der Waals surface area contributed by atoms with Crippen LogP contribution in [0.1, 0.15) is 22.1 Å². The van der Waals surface area contributed by atoms with Crippen LogP contribution < -0.4 is 5.32 Å². The highest BCUT2D eigenvalue weighted by molar-refractivity contribution is 8.00. The van der Waals surface area contributed by atoms with Gasteiger partial charge < -0.3 is 5.32 Å². The maximum atomic E-state index is 11.9. The molecule has 2 aromatic rings. The minimum atomic E-state index is -0.0215. The van der Waals surface area contributed by atoms with E-state index >= 15 is 0 Å². The molecule has 0 bridgehead atoms. The van der Waals surface area contributed by atoms with Gasteiger partial charge in [0.2, 0.25) is 5.91 Å². The number of aromatic nitrogens is 2. The minimum absolute atomic E-state index is 0.00224. The summed E-state index contributed by atoms with van der Waals surface area (Å²) in [6, 6.07) is 5.58. The molecule has 0 aliphatic carbocycles. The van der Waals surface area contributed by atoms with Gasteiger partial charge in [-0.15, -0.1) is 11.8 Å². The molecule has 0 saturated heterocycles. The summed E-state index contributed by atoms with van der Waals surface area (Å²) in [7, 11) is 1.83. The number of fused-ring (bicyclic) bond motifs is 1. The highest BCUT2D eigenvalue weighted by Gasteiger charge is 2.29. The Kier molecular flexibility index (Phi) is 3.90. The largest absolute Gasteiger partial charge is 0.310 e. The van der Waals surface area contributed by atoms with Crippen LogP contribution in [-0.2, 0) is 11.8 Å². The molecule has 110 valence electrons. The van der Waals surface area contributed by atoms with E-state index in [2.05, 4.69) is 10.4 Å². The standard InChI is InChI=1S/C14H13Cl2N3OS/c1-7-12-13(8-3-4-9(15)10(16)5-8)21-6-11(20)17-14(12)19(2)18-7/h3-5,13H,6H2,1-2H3,(H,17,20). The van der Waals surface area contributed by atoms with E-state index in [1.807, 2.05) is 26.1 Å². The lowest BCUT2D eigenvalue weighted by molar-refractivity contribution is -0.113. The first-order valence-corrected chi connectivity index (χ1v) is 8.17. The van der Waals surface area contributed by atoms with Gasteiger partial charge >= 0.3 is 0 Å². The zero-order valence-corrected chi connectivity index (χ0v) is 13.8. The second-order valence-corrected chi connectivity index (χ2v) is 6.79. The highest BCUT2D eigenvalue weighted by Crippen LogP contribution is 2.43. The van der Waals surface area contributed by atoms with Crippen LogP contribution in [-0.4, -0.2) is 21.4 Å². The maximum Gasteiger partial charge on any atom is 0.235 e. The number of hydrogen-bond donors (Lipinski definition) is 1. The number of halogens is 2. The Labute approximate surface area is 136 Å². The Bertz CT molecular complexity index is 729. The first-order chi connectivity index (χ1) is 9.97. The second-order valence-electron chi connectivity index (χ2n) is 4.88. The van der Waals surface area contributed by atoms with Crippen molar-refractivity contribution in [2.75, 3.05) is 11.1 Å². The summed E-state index contributed by atoms with van der Waals surface area (Å²) in [5.74, 6) is 1.12. The van der Waals surface area contributed by atoms with Crippen LogP contribution in [0.4, 0.5) is 5.82 Å². The molecular formula is C14H13Cl2N3OS. The van der Waals surface area contributed by atoms with Crippen molar-refractivity contribution in [3.8, 4) is 0 Å². The average molecular weight is 342 g/mol. The molecule has 1 unspecified atom stereocenters. The van der Waals surface area contributed by atoms with Gasteiger partial charge in [0.1, 0.15) is 5.82 Å². The zero-order chi connectivity index (χ0) is 15.1. The van der Waals surface area contributed by atoms with Gasteiger partial charge in [-0.2, -0.15) is 5.10 Å². The SMILES string of the molecule is Cc1nn(C)c2c1C(c1ccc(Cl)c(Cl)c1)SCC(=O)N2. The molecule has 0 spiro atoms. The molecule has 0 saturated carbocycles. The van der Waals surface area contributed by atoms with E-state index in [9.17, 15) is 4.79 Å². The van der Waals surface area contributed by atoms with Crippen LogP contribution in [0.2, 0.25) is 10.0 Å². The Morgan fingerprint density at radius 2 is 2.14 bits per heavy atom. The Hall–Kier alpha value is -1.17. The first kappa shape index (κ1) is 14.8. The molecule has 0 fully saturated rings. The lowest BCUT2D eigenvalue weighted by Gasteiger charge is -2.15. The van der Waals surface area contributed by atoms with E-state index < -0.39 is 0 Å². The third-order valence-electron chi connectivity index (χ3n) is 3.42. The normalized spacial score (nSPS) is 18.1. The van der Waals surface area contributed by atoms with Gasteiger partial charge in [-0.25, -0.2) is 0 Å². The van der Waals surface area contributed by atoms with Crippen molar-refractivity contribution in [2.24, 2.45) is 7.05 Å². The van der Waals surface area contributed by atoms with Crippen LogP contribution in [0.25, 0.3) is 0 Å². The second kappa shape index (κ2) is 5.55. The molecule has 0 radical (unpaired) electrons. The number of nitrogens with zero attached hydrogens (tertiary/aromatic N) is 2. The van der Waals surface area contributed by atoms with Crippen molar-refractivity contribution < 1.29 is 4.79 Å². The van der Waals surface area contributed by atoms with Crippen molar-refractivity contribution in [2.45, 2.75) is 12.2 Å². The number of hydrogen-bond acceptors (Lipinski definition) is 3. The Balaban J connectivity index is 2.14. The fraction of sp³-hybridized carbons (Fsp3) is 0.286. The van der Waals surface area contributed by atoms with E-state index in [1.54, 1.807) is 22.5 Å². The summed E-state index contributed by atoms with van der Waals surface area (Å²) < 4.78 is 1.71. The zero-order valence-electron chi connectivity index (χ0n) is 11.5. The smallest absolute Gasteiger partial charge is 0.235 e. The summed E-state index contributed by atoms with van der Waals surface area (Å²) in [6.07, 6.45) is 0. The van der Waals surface area contributed by atoms with Gasteiger partial charge in [-0.05, 0) is 24.6 Å². The number of aryl methyl sites for hydroxylation is 2. The molecule has 2 heterocycles. The lowest BCUT2D eigenvalue weighted by atomic mass is 10.0. The van der Waals surface area contributed by atoms with Crippen molar-refractivity contribution in [3.63, 3.8) is 0 Å². The molecule has 1 amide bonds. The summed E-state index contributed by atoms with van der Waals surface area (Å²) in [5, 5.41) is 8.37. The summed E-state index contributed by atoms with van der Waals surface area (Å²) in [5.41, 5.74) is 2.94. The van der Waals surface area contributed by atoms with Crippen LogP contribution in [0.15, 0.2) is 18.2 Å². The molecule has 1 N–H and O–H groups in total. The van der Waals surface area contributed by atoms with E-state index in [4.69, 9.17) is 23.2 Å². The monoisotopic (exact) mass is 341 g/mol. The minimum Gasteiger partial charge on any atom is -0.310 e. The Morgan fingerprint density at radius 1 is 1.38 bits per heavy atom. The molecule has 1 aliphatic rings. The third-order valence-corrected chi connectivity index (χ3v) is 5.43. The van der Waals surface area contributed by atoms with Crippen molar-refractivity contribution in [3.05, 3.63) is 45.1 Å².